The van der Waals surface area contributed by atoms with Crippen molar-refractivity contribution >= 4 is 16.9 Å². The standard InChI is InChI=1S/C13H12N4O4/c1-2-12(19)11(21-8-7(18)13(8,12)20)17-4-3-6-9(14)15-5-16-10(6)17/h1,3-5,7-8,11,18-20H,(H2,14,15,16)/t7?,8-,11-,12+,13-/m1/s1. The van der Waals surface area contributed by atoms with Gasteiger partial charge in [0.05, 0.1) is 5.39 Å². The van der Waals surface area contributed by atoms with Crippen LogP contribution in [0, 0.1) is 12.3 Å². The molecule has 1 aliphatic heterocycles. The van der Waals surface area contributed by atoms with Crippen molar-refractivity contribution in [1.29, 1.82) is 0 Å². The summed E-state index contributed by atoms with van der Waals surface area (Å²) < 4.78 is 7.00. The molecule has 108 valence electrons. The molecular formula is C13H12N4O4. The summed E-state index contributed by atoms with van der Waals surface area (Å²) in [5, 5.41) is 31.2. The summed E-state index contributed by atoms with van der Waals surface area (Å²) in [5.41, 5.74) is 2.23. The van der Waals surface area contributed by atoms with E-state index in [0.717, 1.165) is 0 Å². The van der Waals surface area contributed by atoms with Gasteiger partial charge in [-0.3, -0.25) is 0 Å². The van der Waals surface area contributed by atoms with Crippen LogP contribution in [0.2, 0.25) is 0 Å². The molecule has 4 rings (SSSR count). The van der Waals surface area contributed by atoms with E-state index in [2.05, 4.69) is 15.9 Å². The van der Waals surface area contributed by atoms with Crippen LogP contribution >= 0.6 is 0 Å². The van der Waals surface area contributed by atoms with Crippen molar-refractivity contribution in [2.24, 2.45) is 0 Å². The number of hydrogen-bond acceptors (Lipinski definition) is 7. The number of aliphatic hydroxyl groups is 3. The Bertz CT molecular complexity index is 799. The van der Waals surface area contributed by atoms with E-state index >= 15 is 0 Å². The average Bonchev–Trinajstić information content (AvgIpc) is 2.82. The van der Waals surface area contributed by atoms with Crippen molar-refractivity contribution in [2.45, 2.75) is 29.6 Å². The molecule has 2 aromatic rings. The Kier molecular flexibility index (Phi) is 2.11. The molecular weight excluding hydrogens is 276 g/mol. The topological polar surface area (TPSA) is 127 Å². The summed E-state index contributed by atoms with van der Waals surface area (Å²) in [7, 11) is 0. The molecule has 3 heterocycles. The van der Waals surface area contributed by atoms with Crippen LogP contribution in [-0.2, 0) is 4.74 Å². The lowest BCUT2D eigenvalue weighted by atomic mass is 9.94. The van der Waals surface area contributed by atoms with Gasteiger partial charge >= 0.3 is 0 Å². The van der Waals surface area contributed by atoms with E-state index in [1.807, 2.05) is 0 Å². The second-order valence-corrected chi connectivity index (χ2v) is 5.31. The van der Waals surface area contributed by atoms with Crippen molar-refractivity contribution in [2.75, 3.05) is 5.73 Å². The highest BCUT2D eigenvalue weighted by Crippen LogP contribution is 2.59. The van der Waals surface area contributed by atoms with Crippen LogP contribution in [0.4, 0.5) is 5.82 Å². The van der Waals surface area contributed by atoms with E-state index in [1.165, 1.54) is 10.9 Å². The quantitative estimate of drug-likeness (QED) is 0.464. The number of rotatable bonds is 1. The lowest BCUT2D eigenvalue weighted by Crippen LogP contribution is -2.49. The highest BCUT2D eigenvalue weighted by molar-refractivity contribution is 5.86. The van der Waals surface area contributed by atoms with Gasteiger partial charge in [0.25, 0.3) is 0 Å². The normalized spacial score (nSPS) is 41.0. The maximum Gasteiger partial charge on any atom is 0.204 e. The lowest BCUT2D eigenvalue weighted by molar-refractivity contribution is -0.134. The Morgan fingerprint density at radius 2 is 2.19 bits per heavy atom. The second kappa shape index (κ2) is 3.52. The summed E-state index contributed by atoms with van der Waals surface area (Å²) in [4.78, 5) is 7.97. The zero-order chi connectivity index (χ0) is 15.0. The molecule has 1 aliphatic carbocycles. The number of aliphatic hydroxyl groups excluding tert-OH is 1. The van der Waals surface area contributed by atoms with E-state index in [9.17, 15) is 15.3 Å². The first-order valence-electron chi connectivity index (χ1n) is 6.28. The minimum Gasteiger partial charge on any atom is -0.387 e. The van der Waals surface area contributed by atoms with Crippen molar-refractivity contribution in [3.8, 4) is 12.3 Å². The van der Waals surface area contributed by atoms with Crippen molar-refractivity contribution in [3.05, 3.63) is 18.6 Å². The van der Waals surface area contributed by atoms with E-state index in [0.29, 0.717) is 11.0 Å². The number of nitrogen functional groups attached to an aromatic ring is 1. The third-order valence-corrected chi connectivity index (χ3v) is 4.32. The van der Waals surface area contributed by atoms with Gasteiger partial charge in [0.15, 0.2) is 11.8 Å². The second-order valence-electron chi connectivity index (χ2n) is 5.31. The molecule has 2 fully saturated rings. The SMILES string of the molecule is C#C[C@]1(O)[C@H](n2ccc3c(N)ncnc32)O[C@@H]2C(O)[C@@]21O. The van der Waals surface area contributed by atoms with Gasteiger partial charge < -0.3 is 30.4 Å². The average molecular weight is 288 g/mol. The molecule has 1 unspecified atom stereocenters. The largest absolute Gasteiger partial charge is 0.387 e. The van der Waals surface area contributed by atoms with Gasteiger partial charge in [-0.15, -0.1) is 6.42 Å². The molecule has 5 N–H and O–H groups in total. The minimum absolute atomic E-state index is 0.282. The Labute approximate surface area is 118 Å². The highest BCUT2D eigenvalue weighted by Gasteiger charge is 2.83. The smallest absolute Gasteiger partial charge is 0.204 e. The highest BCUT2D eigenvalue weighted by atomic mass is 16.6. The first-order valence-corrected chi connectivity index (χ1v) is 6.28. The zero-order valence-electron chi connectivity index (χ0n) is 10.7. The first kappa shape index (κ1) is 12.6. The molecule has 1 saturated carbocycles. The third kappa shape index (κ3) is 1.21. The fraction of sp³-hybridized carbons (Fsp3) is 0.385. The number of nitrogens with two attached hydrogens (primary N) is 1. The van der Waals surface area contributed by atoms with E-state index in [-0.39, 0.29) is 5.82 Å². The fourth-order valence-electron chi connectivity index (χ4n) is 3.02. The van der Waals surface area contributed by atoms with Crippen molar-refractivity contribution in [3.63, 3.8) is 0 Å². The van der Waals surface area contributed by atoms with Crippen LogP contribution in [0.15, 0.2) is 18.6 Å². The number of ether oxygens (including phenoxy) is 1. The number of aromatic nitrogens is 3. The number of nitrogens with zero attached hydrogens (tertiary/aromatic N) is 3. The Morgan fingerprint density at radius 1 is 1.43 bits per heavy atom. The van der Waals surface area contributed by atoms with Crippen LogP contribution in [0.3, 0.4) is 0 Å². The minimum atomic E-state index is -2.07. The maximum absolute atomic E-state index is 10.6. The molecule has 8 nitrogen and oxygen atoms in total. The van der Waals surface area contributed by atoms with Gasteiger partial charge in [-0.1, -0.05) is 5.92 Å². The summed E-state index contributed by atoms with van der Waals surface area (Å²) in [6.07, 6.45) is 5.03. The molecule has 8 heteroatoms. The monoisotopic (exact) mass is 288 g/mol. The molecule has 0 radical (unpaired) electrons. The Balaban J connectivity index is 1.88. The lowest BCUT2D eigenvalue weighted by Gasteiger charge is -2.31. The molecule has 5 atom stereocenters. The molecule has 2 aliphatic rings. The molecule has 0 aromatic carbocycles. The van der Waals surface area contributed by atoms with Crippen molar-refractivity contribution < 1.29 is 20.1 Å². The fourth-order valence-corrected chi connectivity index (χ4v) is 3.02. The van der Waals surface area contributed by atoms with Crippen LogP contribution in [0.25, 0.3) is 11.0 Å². The summed E-state index contributed by atoms with van der Waals surface area (Å²) >= 11 is 0. The maximum atomic E-state index is 10.6. The number of hydrogen-bond donors (Lipinski definition) is 4. The van der Waals surface area contributed by atoms with Gasteiger partial charge in [-0.2, -0.15) is 0 Å². The summed E-state index contributed by atoms with van der Waals surface area (Å²) in [5.74, 6) is 2.43. The van der Waals surface area contributed by atoms with Gasteiger partial charge in [0.2, 0.25) is 5.60 Å². The molecule has 0 amide bonds. The van der Waals surface area contributed by atoms with Crippen LogP contribution in [-0.4, -0.2) is 53.3 Å². The summed E-state index contributed by atoms with van der Waals surface area (Å²) in [6.45, 7) is 0. The van der Waals surface area contributed by atoms with Gasteiger partial charge in [0, 0.05) is 6.20 Å². The van der Waals surface area contributed by atoms with Crippen LogP contribution in [0.5, 0.6) is 0 Å². The Hall–Kier alpha value is -2.18. The molecule has 21 heavy (non-hydrogen) atoms. The van der Waals surface area contributed by atoms with E-state index < -0.39 is 29.6 Å². The first-order chi connectivity index (χ1) is 9.95. The number of fused-ring (bicyclic) bond motifs is 2. The molecule has 1 saturated heterocycles. The predicted octanol–water partition coefficient (Wildman–Crippen LogP) is -1.62. The van der Waals surface area contributed by atoms with Gasteiger partial charge in [-0.25, -0.2) is 9.97 Å². The molecule has 0 bridgehead atoms. The molecule has 0 spiro atoms. The Morgan fingerprint density at radius 3 is 2.90 bits per heavy atom. The predicted molar refractivity (Wildman–Crippen MR) is 70.6 cm³/mol. The van der Waals surface area contributed by atoms with Gasteiger partial charge in [-0.05, 0) is 6.07 Å². The molecule has 2 aromatic heterocycles. The van der Waals surface area contributed by atoms with Crippen LogP contribution in [0.1, 0.15) is 6.23 Å². The van der Waals surface area contributed by atoms with Crippen molar-refractivity contribution in [1.82, 2.24) is 14.5 Å². The van der Waals surface area contributed by atoms with E-state index in [4.69, 9.17) is 16.9 Å². The van der Waals surface area contributed by atoms with Crippen LogP contribution < -0.4 is 5.73 Å². The number of terminal acetylenes is 1. The summed E-state index contributed by atoms with van der Waals surface area (Å²) in [6, 6.07) is 1.66. The number of anilines is 1. The van der Waals surface area contributed by atoms with Gasteiger partial charge in [0.1, 0.15) is 30.0 Å². The third-order valence-electron chi connectivity index (χ3n) is 4.32. The zero-order valence-corrected chi connectivity index (χ0v) is 10.7. The van der Waals surface area contributed by atoms with E-state index in [1.54, 1.807) is 12.3 Å².